The molecule has 0 spiro atoms. The van der Waals surface area contributed by atoms with Gasteiger partial charge in [-0.05, 0) is 19.8 Å². The minimum Gasteiger partial charge on any atom is -0.386 e. The largest absolute Gasteiger partial charge is 0.423 e. The molecule has 0 radical (unpaired) electrons. The Kier molecular flexibility index (Phi) is 5.24. The molecule has 0 bridgehead atoms. The first-order valence-electron chi connectivity index (χ1n) is 7.71. The molecule has 1 aliphatic rings. The summed E-state index contributed by atoms with van der Waals surface area (Å²) in [5, 5.41) is 10.2. The Morgan fingerprint density at radius 1 is 1.29 bits per heavy atom. The first-order valence-corrected chi connectivity index (χ1v) is 7.71. The van der Waals surface area contributed by atoms with Crippen molar-refractivity contribution in [3.63, 3.8) is 0 Å². The lowest BCUT2D eigenvalue weighted by Crippen LogP contribution is -2.49. The van der Waals surface area contributed by atoms with Crippen molar-refractivity contribution in [2.75, 3.05) is 13.7 Å². The molecule has 0 amide bonds. The standard InChI is InChI=1S/C15H21F3N2O4/c1-14(23,9-24-2)8-20-12(21)11(15(16,17)18)7-19(13(20)22)10-5-3-4-6-10/h7,10,23H,3-6,8-9H2,1-2H3. The van der Waals surface area contributed by atoms with Gasteiger partial charge in [0.2, 0.25) is 0 Å². The molecule has 24 heavy (non-hydrogen) atoms. The van der Waals surface area contributed by atoms with E-state index in [1.165, 1.54) is 14.0 Å². The third kappa shape index (κ3) is 3.89. The Hall–Kier alpha value is -1.61. The van der Waals surface area contributed by atoms with E-state index in [9.17, 15) is 27.9 Å². The highest BCUT2D eigenvalue weighted by atomic mass is 19.4. The normalized spacial score (nSPS) is 18.8. The first-order chi connectivity index (χ1) is 11.1. The second-order valence-corrected chi connectivity index (χ2v) is 6.49. The molecule has 9 heteroatoms. The van der Waals surface area contributed by atoms with Crippen molar-refractivity contribution < 1.29 is 23.0 Å². The third-order valence-electron chi connectivity index (χ3n) is 4.17. The average molecular weight is 350 g/mol. The van der Waals surface area contributed by atoms with Crippen molar-refractivity contribution in [2.45, 2.75) is 57.0 Å². The molecule has 1 heterocycles. The third-order valence-corrected chi connectivity index (χ3v) is 4.17. The van der Waals surface area contributed by atoms with E-state index in [1.54, 1.807) is 0 Å². The van der Waals surface area contributed by atoms with Crippen LogP contribution in [0.3, 0.4) is 0 Å². The molecule has 136 valence electrons. The van der Waals surface area contributed by atoms with E-state index in [2.05, 4.69) is 0 Å². The van der Waals surface area contributed by atoms with Crippen molar-refractivity contribution >= 4 is 0 Å². The second-order valence-electron chi connectivity index (χ2n) is 6.49. The van der Waals surface area contributed by atoms with E-state index in [0.29, 0.717) is 23.6 Å². The highest BCUT2D eigenvalue weighted by Crippen LogP contribution is 2.30. The molecule has 1 aromatic rings. The lowest BCUT2D eigenvalue weighted by Gasteiger charge is -2.25. The van der Waals surface area contributed by atoms with Gasteiger partial charge in [-0.2, -0.15) is 13.2 Å². The Morgan fingerprint density at radius 2 is 1.88 bits per heavy atom. The summed E-state index contributed by atoms with van der Waals surface area (Å²) in [7, 11) is 1.31. The number of halogens is 3. The first kappa shape index (κ1) is 18.7. The van der Waals surface area contributed by atoms with Crippen molar-refractivity contribution in [1.29, 1.82) is 0 Å². The van der Waals surface area contributed by atoms with Gasteiger partial charge < -0.3 is 9.84 Å². The fourth-order valence-electron chi connectivity index (χ4n) is 3.10. The zero-order valence-corrected chi connectivity index (χ0v) is 13.6. The van der Waals surface area contributed by atoms with E-state index in [-0.39, 0.29) is 12.6 Å². The van der Waals surface area contributed by atoms with E-state index < -0.39 is 35.1 Å². The highest BCUT2D eigenvalue weighted by molar-refractivity contribution is 5.11. The van der Waals surface area contributed by atoms with Crippen molar-refractivity contribution in [1.82, 2.24) is 9.13 Å². The van der Waals surface area contributed by atoms with Crippen molar-refractivity contribution in [3.8, 4) is 0 Å². The summed E-state index contributed by atoms with van der Waals surface area (Å²) in [6, 6.07) is -0.363. The van der Waals surface area contributed by atoms with Gasteiger partial charge in [0, 0.05) is 19.3 Å². The molecule has 0 aromatic carbocycles. The van der Waals surface area contributed by atoms with E-state index in [4.69, 9.17) is 4.74 Å². The number of nitrogens with zero attached hydrogens (tertiary/aromatic N) is 2. The summed E-state index contributed by atoms with van der Waals surface area (Å²) >= 11 is 0. The minimum atomic E-state index is -4.87. The summed E-state index contributed by atoms with van der Waals surface area (Å²) in [6.45, 7) is 0.496. The molecule has 1 fully saturated rings. The minimum absolute atomic E-state index is 0.224. The number of aliphatic hydroxyl groups is 1. The average Bonchev–Trinajstić information content (AvgIpc) is 2.96. The number of rotatable bonds is 5. The zero-order valence-electron chi connectivity index (χ0n) is 13.6. The maximum Gasteiger partial charge on any atom is 0.423 e. The molecule has 1 unspecified atom stereocenters. The predicted molar refractivity (Wildman–Crippen MR) is 80.0 cm³/mol. The van der Waals surface area contributed by atoms with Gasteiger partial charge >= 0.3 is 11.9 Å². The maximum absolute atomic E-state index is 13.2. The molecular weight excluding hydrogens is 329 g/mol. The summed E-state index contributed by atoms with van der Waals surface area (Å²) in [5.74, 6) is 0. The lowest BCUT2D eigenvalue weighted by atomic mass is 10.1. The molecule has 0 saturated heterocycles. The monoisotopic (exact) mass is 350 g/mol. The van der Waals surface area contributed by atoms with Crippen LogP contribution in [0.15, 0.2) is 15.8 Å². The van der Waals surface area contributed by atoms with E-state index in [0.717, 1.165) is 17.4 Å². The topological polar surface area (TPSA) is 73.5 Å². The fourth-order valence-corrected chi connectivity index (χ4v) is 3.10. The Balaban J connectivity index is 2.61. The van der Waals surface area contributed by atoms with Crippen LogP contribution < -0.4 is 11.2 Å². The molecule has 1 atom stereocenters. The Labute approximate surface area is 136 Å². The van der Waals surface area contributed by atoms with Crippen molar-refractivity contribution in [2.24, 2.45) is 0 Å². The van der Waals surface area contributed by atoms with Crippen LogP contribution in [0.5, 0.6) is 0 Å². The predicted octanol–water partition coefficient (Wildman–Crippen LogP) is 1.54. The van der Waals surface area contributed by atoms with Gasteiger partial charge in [-0.15, -0.1) is 0 Å². The molecule has 1 aliphatic carbocycles. The second kappa shape index (κ2) is 6.72. The molecule has 0 aliphatic heterocycles. The van der Waals surface area contributed by atoms with Crippen LogP contribution in [-0.2, 0) is 17.5 Å². The molecular formula is C15H21F3N2O4. The van der Waals surface area contributed by atoms with Gasteiger partial charge in [-0.25, -0.2) is 4.79 Å². The Morgan fingerprint density at radius 3 is 2.38 bits per heavy atom. The summed E-state index contributed by atoms with van der Waals surface area (Å²) in [5.41, 5.74) is -5.33. The highest BCUT2D eigenvalue weighted by Gasteiger charge is 2.38. The number of ether oxygens (including phenoxy) is 1. The van der Waals surface area contributed by atoms with Gasteiger partial charge in [-0.1, -0.05) is 12.8 Å². The van der Waals surface area contributed by atoms with Crippen molar-refractivity contribution in [3.05, 3.63) is 32.6 Å². The van der Waals surface area contributed by atoms with Crippen LogP contribution in [0, 0.1) is 0 Å². The van der Waals surface area contributed by atoms with Gasteiger partial charge in [0.15, 0.2) is 0 Å². The SMILES string of the molecule is COCC(C)(O)Cn1c(=O)c(C(F)(F)F)cn(C2CCCC2)c1=O. The number of hydrogen-bond donors (Lipinski definition) is 1. The lowest BCUT2D eigenvalue weighted by molar-refractivity contribution is -0.139. The molecule has 1 aromatic heterocycles. The molecule has 2 rings (SSSR count). The summed E-state index contributed by atoms with van der Waals surface area (Å²) < 4.78 is 45.8. The van der Waals surface area contributed by atoms with Crippen LogP contribution in [0.25, 0.3) is 0 Å². The van der Waals surface area contributed by atoms with Crippen LogP contribution in [-0.4, -0.2) is 33.6 Å². The van der Waals surface area contributed by atoms with E-state index in [1.807, 2.05) is 0 Å². The maximum atomic E-state index is 13.2. The molecule has 6 nitrogen and oxygen atoms in total. The number of methoxy groups -OCH3 is 1. The van der Waals surface area contributed by atoms with Crippen LogP contribution in [0.4, 0.5) is 13.2 Å². The smallest absolute Gasteiger partial charge is 0.386 e. The zero-order chi connectivity index (χ0) is 18.1. The van der Waals surface area contributed by atoms with Crippen LogP contribution in [0.2, 0.25) is 0 Å². The van der Waals surface area contributed by atoms with Gasteiger partial charge in [0.25, 0.3) is 5.56 Å². The van der Waals surface area contributed by atoms with Crippen LogP contribution in [0.1, 0.15) is 44.2 Å². The molecule has 1 N–H and O–H groups in total. The van der Waals surface area contributed by atoms with Gasteiger partial charge in [-0.3, -0.25) is 13.9 Å². The van der Waals surface area contributed by atoms with E-state index >= 15 is 0 Å². The summed E-state index contributed by atoms with van der Waals surface area (Å²) in [4.78, 5) is 24.7. The Bertz CT molecular complexity index is 700. The number of hydrogen-bond acceptors (Lipinski definition) is 4. The molecule has 1 saturated carbocycles. The fraction of sp³-hybridized carbons (Fsp3) is 0.733. The van der Waals surface area contributed by atoms with Gasteiger partial charge in [0.1, 0.15) is 11.2 Å². The number of alkyl halides is 3. The van der Waals surface area contributed by atoms with Crippen LogP contribution >= 0.6 is 0 Å². The van der Waals surface area contributed by atoms with Gasteiger partial charge in [0.05, 0.1) is 13.2 Å². The quantitative estimate of drug-likeness (QED) is 0.874. The summed E-state index contributed by atoms with van der Waals surface area (Å²) in [6.07, 6.45) is -1.45. The number of aromatic nitrogens is 2.